The second-order valence-corrected chi connectivity index (χ2v) is 3.05. The van der Waals surface area contributed by atoms with Gasteiger partial charge in [0.15, 0.2) is 5.41 Å². The van der Waals surface area contributed by atoms with E-state index in [0.717, 1.165) is 6.07 Å². The number of aliphatic carboxylic acids is 1. The van der Waals surface area contributed by atoms with E-state index in [0.29, 0.717) is 0 Å². The third-order valence-corrected chi connectivity index (χ3v) is 2.05. The van der Waals surface area contributed by atoms with E-state index < -0.39 is 17.2 Å². The van der Waals surface area contributed by atoms with Crippen molar-refractivity contribution >= 4 is 5.97 Å². The molecule has 0 aliphatic carbocycles. The zero-order valence-electron chi connectivity index (χ0n) is 7.49. The van der Waals surface area contributed by atoms with E-state index in [-0.39, 0.29) is 5.56 Å². The van der Waals surface area contributed by atoms with Crippen molar-refractivity contribution in [2.45, 2.75) is 12.3 Å². The highest BCUT2D eigenvalue weighted by molar-refractivity contribution is 5.84. The zero-order valence-corrected chi connectivity index (χ0v) is 7.49. The number of nitriles is 1. The molecule has 4 heteroatoms. The largest absolute Gasteiger partial charge is 0.480 e. The van der Waals surface area contributed by atoms with Gasteiger partial charge < -0.3 is 5.11 Å². The molecule has 1 rings (SSSR count). The zero-order chi connectivity index (χ0) is 10.8. The summed E-state index contributed by atoms with van der Waals surface area (Å²) in [6, 6.07) is 6.70. The maximum Gasteiger partial charge on any atom is 0.328 e. The summed E-state index contributed by atoms with van der Waals surface area (Å²) in [7, 11) is 0. The van der Waals surface area contributed by atoms with Crippen LogP contribution in [0.4, 0.5) is 4.39 Å². The topological polar surface area (TPSA) is 61.1 Å². The third kappa shape index (κ3) is 1.57. The lowest BCUT2D eigenvalue weighted by molar-refractivity contribution is -0.141. The number of nitrogens with zero attached hydrogens (tertiary/aromatic N) is 1. The minimum absolute atomic E-state index is 0.146. The van der Waals surface area contributed by atoms with Gasteiger partial charge in [-0.2, -0.15) is 5.26 Å². The molecule has 3 nitrogen and oxygen atoms in total. The molecule has 1 unspecified atom stereocenters. The Hall–Kier alpha value is -1.89. The Bertz CT molecular complexity index is 411. The van der Waals surface area contributed by atoms with E-state index in [1.807, 2.05) is 0 Å². The molecule has 1 atom stereocenters. The molecule has 72 valence electrons. The molecule has 0 heterocycles. The van der Waals surface area contributed by atoms with Crippen LogP contribution >= 0.6 is 0 Å². The SMILES string of the molecule is CC(C#N)(C(=O)O)c1cccc(F)c1. The van der Waals surface area contributed by atoms with Gasteiger partial charge in [0.05, 0.1) is 6.07 Å². The number of carboxylic acids is 1. The van der Waals surface area contributed by atoms with Crippen LogP contribution in [0.15, 0.2) is 24.3 Å². The first kappa shape index (κ1) is 10.2. The fourth-order valence-corrected chi connectivity index (χ4v) is 1.04. The molecular formula is C10H8FNO2. The number of hydrogen-bond acceptors (Lipinski definition) is 2. The van der Waals surface area contributed by atoms with E-state index in [2.05, 4.69) is 0 Å². The summed E-state index contributed by atoms with van der Waals surface area (Å²) in [6.07, 6.45) is 0. The van der Waals surface area contributed by atoms with Crippen LogP contribution in [0, 0.1) is 17.1 Å². The van der Waals surface area contributed by atoms with Gasteiger partial charge in [0.2, 0.25) is 0 Å². The Kier molecular flexibility index (Phi) is 2.52. The molecule has 0 saturated heterocycles. The highest BCUT2D eigenvalue weighted by Crippen LogP contribution is 2.23. The average molecular weight is 193 g/mol. The van der Waals surface area contributed by atoms with Gasteiger partial charge in [-0.1, -0.05) is 12.1 Å². The quantitative estimate of drug-likeness (QED) is 0.777. The van der Waals surface area contributed by atoms with Crippen LogP contribution in [0.5, 0.6) is 0 Å². The van der Waals surface area contributed by atoms with Crippen molar-refractivity contribution in [1.82, 2.24) is 0 Å². The van der Waals surface area contributed by atoms with Crippen molar-refractivity contribution in [2.75, 3.05) is 0 Å². The maximum absolute atomic E-state index is 12.8. The first-order valence-corrected chi connectivity index (χ1v) is 3.91. The number of carboxylic acid groups (broad SMARTS) is 1. The Balaban J connectivity index is 3.28. The molecule has 14 heavy (non-hydrogen) atoms. The first-order chi connectivity index (χ1) is 6.50. The van der Waals surface area contributed by atoms with Crippen LogP contribution < -0.4 is 0 Å². The highest BCUT2D eigenvalue weighted by Gasteiger charge is 2.35. The number of rotatable bonds is 2. The standard InChI is InChI=1S/C10H8FNO2/c1-10(6-12,9(13)14)7-3-2-4-8(11)5-7/h2-5H,1H3,(H,13,14). The van der Waals surface area contributed by atoms with E-state index >= 15 is 0 Å². The van der Waals surface area contributed by atoms with Crippen molar-refractivity contribution in [3.63, 3.8) is 0 Å². The Labute approximate surface area is 80.4 Å². The number of halogens is 1. The number of carbonyl (C=O) groups is 1. The lowest BCUT2D eigenvalue weighted by atomic mass is 9.84. The minimum atomic E-state index is -1.69. The van der Waals surface area contributed by atoms with Gasteiger partial charge in [0.25, 0.3) is 0 Å². The molecule has 1 aromatic rings. The summed E-state index contributed by atoms with van der Waals surface area (Å²) < 4.78 is 12.8. The van der Waals surface area contributed by atoms with Crippen molar-refractivity contribution in [2.24, 2.45) is 0 Å². The summed E-state index contributed by atoms with van der Waals surface area (Å²) in [4.78, 5) is 10.8. The fraction of sp³-hybridized carbons (Fsp3) is 0.200. The minimum Gasteiger partial charge on any atom is -0.480 e. The second kappa shape index (κ2) is 3.46. The molecule has 0 aromatic heterocycles. The van der Waals surface area contributed by atoms with Crippen molar-refractivity contribution < 1.29 is 14.3 Å². The number of benzene rings is 1. The molecule has 0 radical (unpaired) electrons. The van der Waals surface area contributed by atoms with E-state index in [4.69, 9.17) is 10.4 Å². The van der Waals surface area contributed by atoms with Crippen LogP contribution in [0.1, 0.15) is 12.5 Å². The lowest BCUT2D eigenvalue weighted by Crippen LogP contribution is -2.30. The molecule has 0 bridgehead atoms. The van der Waals surface area contributed by atoms with Gasteiger partial charge in [-0.3, -0.25) is 4.79 Å². The van der Waals surface area contributed by atoms with Gasteiger partial charge in [0.1, 0.15) is 5.82 Å². The summed E-state index contributed by atoms with van der Waals surface area (Å²) >= 11 is 0. The summed E-state index contributed by atoms with van der Waals surface area (Å²) in [5.74, 6) is -1.84. The van der Waals surface area contributed by atoms with Gasteiger partial charge >= 0.3 is 5.97 Å². The lowest BCUT2D eigenvalue weighted by Gasteiger charge is -2.15. The number of hydrogen-bond donors (Lipinski definition) is 1. The average Bonchev–Trinajstić information content (AvgIpc) is 2.16. The van der Waals surface area contributed by atoms with Crippen molar-refractivity contribution in [3.8, 4) is 6.07 Å². The second-order valence-electron chi connectivity index (χ2n) is 3.05. The molecule has 0 fully saturated rings. The molecule has 0 spiro atoms. The smallest absolute Gasteiger partial charge is 0.328 e. The van der Waals surface area contributed by atoms with Crippen LogP contribution in [-0.2, 0) is 10.2 Å². The molecule has 0 aliphatic heterocycles. The van der Waals surface area contributed by atoms with Crippen LogP contribution in [0.25, 0.3) is 0 Å². The monoisotopic (exact) mass is 193 g/mol. The third-order valence-electron chi connectivity index (χ3n) is 2.05. The predicted molar refractivity (Wildman–Crippen MR) is 47.0 cm³/mol. The first-order valence-electron chi connectivity index (χ1n) is 3.91. The van der Waals surface area contributed by atoms with Gasteiger partial charge in [-0.05, 0) is 24.6 Å². The summed E-state index contributed by atoms with van der Waals surface area (Å²) in [5, 5.41) is 17.6. The summed E-state index contributed by atoms with van der Waals surface area (Å²) in [6.45, 7) is 1.24. The molecule has 0 aliphatic rings. The predicted octanol–water partition coefficient (Wildman–Crippen LogP) is 1.69. The van der Waals surface area contributed by atoms with E-state index in [1.54, 1.807) is 6.07 Å². The molecule has 1 N–H and O–H groups in total. The normalized spacial score (nSPS) is 14.1. The Morgan fingerprint density at radius 3 is 2.71 bits per heavy atom. The van der Waals surface area contributed by atoms with E-state index in [1.165, 1.54) is 25.1 Å². The van der Waals surface area contributed by atoms with Crippen LogP contribution in [0.2, 0.25) is 0 Å². The van der Waals surface area contributed by atoms with Crippen molar-refractivity contribution in [1.29, 1.82) is 5.26 Å². The Morgan fingerprint density at radius 1 is 1.64 bits per heavy atom. The highest BCUT2D eigenvalue weighted by atomic mass is 19.1. The Morgan fingerprint density at radius 2 is 2.29 bits per heavy atom. The summed E-state index contributed by atoms with van der Waals surface area (Å²) in [5.41, 5.74) is -1.55. The fourth-order valence-electron chi connectivity index (χ4n) is 1.04. The van der Waals surface area contributed by atoms with Gasteiger partial charge in [-0.25, -0.2) is 4.39 Å². The molecular weight excluding hydrogens is 185 g/mol. The molecule has 1 aromatic carbocycles. The van der Waals surface area contributed by atoms with Crippen LogP contribution in [-0.4, -0.2) is 11.1 Å². The maximum atomic E-state index is 12.8. The molecule has 0 saturated carbocycles. The van der Waals surface area contributed by atoms with E-state index in [9.17, 15) is 9.18 Å². The van der Waals surface area contributed by atoms with Crippen LogP contribution in [0.3, 0.4) is 0 Å². The molecule has 0 amide bonds. The van der Waals surface area contributed by atoms with Gasteiger partial charge in [-0.15, -0.1) is 0 Å². The van der Waals surface area contributed by atoms with Crippen molar-refractivity contribution in [3.05, 3.63) is 35.6 Å². The van der Waals surface area contributed by atoms with Gasteiger partial charge in [0, 0.05) is 0 Å².